The van der Waals surface area contributed by atoms with Gasteiger partial charge < -0.3 is 39.5 Å². The molecule has 0 aliphatic carbocycles. The monoisotopic (exact) mass is 959 g/mol. The van der Waals surface area contributed by atoms with Crippen LogP contribution < -0.4 is 20.9 Å². The van der Waals surface area contributed by atoms with Gasteiger partial charge in [0.15, 0.2) is 11.6 Å². The van der Waals surface area contributed by atoms with Gasteiger partial charge in [-0.25, -0.2) is 19.9 Å². The van der Waals surface area contributed by atoms with Crippen molar-refractivity contribution in [1.82, 2.24) is 53.5 Å². The highest BCUT2D eigenvalue weighted by Crippen LogP contribution is 2.38. The lowest BCUT2D eigenvalue weighted by molar-refractivity contribution is -0.130. The number of aryl methyl sites for hydroxylation is 4. The maximum atomic E-state index is 12.8. The predicted octanol–water partition coefficient (Wildman–Crippen LogP) is 6.43. The molecule has 0 atom stereocenters. The normalized spacial score (nSPS) is 13.6. The van der Waals surface area contributed by atoms with Gasteiger partial charge in [0, 0.05) is 97.3 Å². The number of aromatic nitrogens is 10. The lowest BCUT2D eigenvalue weighted by Gasteiger charge is -2.26. The molecule has 8 aromatic rings. The summed E-state index contributed by atoms with van der Waals surface area (Å²) in [5, 5.41) is 11.9. The van der Waals surface area contributed by atoms with Gasteiger partial charge in [-0.3, -0.25) is 23.9 Å². The van der Waals surface area contributed by atoms with E-state index in [2.05, 4.69) is 19.8 Å². The highest BCUT2D eigenvalue weighted by atomic mass is 19.3. The number of amides is 2. The molecule has 366 valence electrons. The number of hydrogen-bond acceptors (Lipinski definition) is 13. The minimum atomic E-state index is -2.91. The van der Waals surface area contributed by atoms with Gasteiger partial charge in [0.25, 0.3) is 0 Å². The standard InChI is InChI=1S/C49H55F2N13O6/c1-5-63-37(21-29(3)58-63)45-54-27-35-33-23-31(43(52)65)25-39(68-16-9-11-60-14-19-67-20-15-60)41(33)61(47(35)56-45)12-7-8-13-62-42-34(24-32(44(53)66)26-40(42)69-17-10-18-70-49(50)51)36-28-55-46(57-48(36)62)38-22-30(4)59-64(38)6-2/h7-8,21-28,49H,5-6,9-20H2,1-4H3,(H2,52,65)(H2,53,66)/b8-7+. The van der Waals surface area contributed by atoms with Crippen molar-refractivity contribution >= 4 is 55.7 Å². The van der Waals surface area contributed by atoms with Crippen LogP contribution in [0.15, 0.2) is 60.9 Å². The van der Waals surface area contributed by atoms with Crippen molar-refractivity contribution in [2.24, 2.45) is 11.5 Å². The average molecular weight is 960 g/mol. The topological polar surface area (TPSA) is 223 Å². The number of halogens is 2. The summed E-state index contributed by atoms with van der Waals surface area (Å²) in [5.41, 5.74) is 17.8. The first kappa shape index (κ1) is 47.7. The van der Waals surface area contributed by atoms with Crippen LogP contribution >= 0.6 is 0 Å². The molecule has 0 spiro atoms. The number of fused-ring (bicyclic) bond motifs is 6. The Kier molecular flexibility index (Phi) is 14.1. The SMILES string of the molecule is CCn1nc(C)cc1-c1ncc2c3cc(C(N)=O)cc(OCCCOC(F)F)c3n(C/C=C/Cn3c4nc(-c5cc(C)nn5CC)ncc4c4cc(C(N)=O)cc(OCCCN5CCOCC5)c43)c2n1. The van der Waals surface area contributed by atoms with E-state index < -0.39 is 18.4 Å². The smallest absolute Gasteiger partial charge is 0.345 e. The van der Waals surface area contributed by atoms with Crippen molar-refractivity contribution in [2.75, 3.05) is 52.7 Å². The first-order chi connectivity index (χ1) is 33.9. The highest BCUT2D eigenvalue weighted by Gasteiger charge is 2.24. The van der Waals surface area contributed by atoms with Gasteiger partial charge in [0.1, 0.15) is 34.2 Å². The number of allylic oxidation sites excluding steroid dienone is 2. The minimum Gasteiger partial charge on any atom is -0.491 e. The lowest BCUT2D eigenvalue weighted by Crippen LogP contribution is -2.37. The molecule has 21 heteroatoms. The van der Waals surface area contributed by atoms with Gasteiger partial charge in [0.05, 0.1) is 55.5 Å². The van der Waals surface area contributed by atoms with Gasteiger partial charge in [-0.05, 0) is 70.5 Å². The van der Waals surface area contributed by atoms with E-state index in [4.69, 9.17) is 45.6 Å². The highest BCUT2D eigenvalue weighted by molar-refractivity contribution is 6.13. The van der Waals surface area contributed by atoms with Crippen LogP contribution in [0.1, 0.15) is 58.8 Å². The molecule has 1 fully saturated rings. The number of morpholine rings is 1. The second-order valence-corrected chi connectivity index (χ2v) is 17.0. The number of alkyl halides is 2. The number of primary amides is 2. The van der Waals surface area contributed by atoms with Crippen LogP contribution in [0.4, 0.5) is 8.78 Å². The van der Waals surface area contributed by atoms with Crippen molar-refractivity contribution in [3.63, 3.8) is 0 Å². The first-order valence-electron chi connectivity index (χ1n) is 23.4. The van der Waals surface area contributed by atoms with Crippen LogP contribution in [0, 0.1) is 13.8 Å². The van der Waals surface area contributed by atoms with E-state index in [0.717, 1.165) is 48.8 Å². The summed E-state index contributed by atoms with van der Waals surface area (Å²) in [5.74, 6) is 0.438. The third-order valence-corrected chi connectivity index (χ3v) is 12.3. The largest absolute Gasteiger partial charge is 0.491 e. The number of carbonyl (C=O) groups is 2. The van der Waals surface area contributed by atoms with Crippen molar-refractivity contribution < 1.29 is 37.3 Å². The number of ether oxygens (including phenoxy) is 4. The Hall–Kier alpha value is -7.36. The summed E-state index contributed by atoms with van der Waals surface area (Å²) in [6.07, 6.45) is 8.35. The molecular weight excluding hydrogens is 905 g/mol. The van der Waals surface area contributed by atoms with Gasteiger partial charge in [-0.2, -0.15) is 19.0 Å². The molecule has 6 aromatic heterocycles. The molecule has 1 saturated heterocycles. The van der Waals surface area contributed by atoms with Gasteiger partial charge in [-0.1, -0.05) is 12.2 Å². The van der Waals surface area contributed by atoms with E-state index in [1.54, 1.807) is 36.7 Å². The Bertz CT molecular complexity index is 3260. The molecule has 0 unspecified atom stereocenters. The van der Waals surface area contributed by atoms with Gasteiger partial charge in [0.2, 0.25) is 11.8 Å². The zero-order chi connectivity index (χ0) is 49.1. The number of nitrogens with two attached hydrogens (primary N) is 2. The Labute approximate surface area is 401 Å². The van der Waals surface area contributed by atoms with E-state index in [-0.39, 0.29) is 37.3 Å². The van der Waals surface area contributed by atoms with E-state index in [0.29, 0.717) is 106 Å². The number of rotatable bonds is 21. The molecule has 0 bridgehead atoms. The van der Waals surface area contributed by atoms with Crippen LogP contribution in [0.3, 0.4) is 0 Å². The van der Waals surface area contributed by atoms with Crippen LogP contribution in [0.2, 0.25) is 0 Å². The van der Waals surface area contributed by atoms with Crippen molar-refractivity contribution in [1.29, 1.82) is 0 Å². The first-order valence-corrected chi connectivity index (χ1v) is 23.4. The zero-order valence-corrected chi connectivity index (χ0v) is 39.5. The fourth-order valence-corrected chi connectivity index (χ4v) is 9.04. The van der Waals surface area contributed by atoms with E-state index >= 15 is 0 Å². The van der Waals surface area contributed by atoms with Crippen molar-refractivity contribution in [2.45, 2.75) is 73.3 Å². The van der Waals surface area contributed by atoms with Crippen molar-refractivity contribution in [3.8, 4) is 34.5 Å². The third kappa shape index (κ3) is 9.76. The fourth-order valence-electron chi connectivity index (χ4n) is 9.04. The molecule has 19 nitrogen and oxygen atoms in total. The second kappa shape index (κ2) is 20.7. The van der Waals surface area contributed by atoms with E-state index in [1.807, 2.05) is 70.5 Å². The predicted molar refractivity (Wildman–Crippen MR) is 259 cm³/mol. The Balaban J connectivity index is 1.15. The molecule has 1 aliphatic heterocycles. The molecule has 0 saturated carbocycles. The van der Waals surface area contributed by atoms with Crippen LogP contribution in [0.5, 0.6) is 11.5 Å². The number of nitrogens with zero attached hydrogens (tertiary/aromatic N) is 11. The number of carbonyl (C=O) groups excluding carboxylic acids is 2. The summed E-state index contributed by atoms with van der Waals surface area (Å²) in [6.45, 7) is 10.8. The summed E-state index contributed by atoms with van der Waals surface area (Å²) in [7, 11) is 0. The Morgan fingerprint density at radius 2 is 1.19 bits per heavy atom. The Morgan fingerprint density at radius 3 is 1.64 bits per heavy atom. The van der Waals surface area contributed by atoms with E-state index in [1.165, 1.54) is 0 Å². The van der Waals surface area contributed by atoms with Crippen LogP contribution in [-0.4, -0.2) is 125 Å². The summed E-state index contributed by atoms with van der Waals surface area (Å²) >= 11 is 0. The lowest BCUT2D eigenvalue weighted by atomic mass is 10.1. The zero-order valence-electron chi connectivity index (χ0n) is 39.5. The summed E-state index contributed by atoms with van der Waals surface area (Å²) in [6, 6.07) is 10.5. The summed E-state index contributed by atoms with van der Waals surface area (Å²) in [4.78, 5) is 47.7. The molecule has 4 N–H and O–H groups in total. The second-order valence-electron chi connectivity index (χ2n) is 17.0. The molecule has 1 aliphatic rings. The maximum absolute atomic E-state index is 12.8. The molecule has 9 rings (SSSR count). The average Bonchev–Trinajstić information content (AvgIpc) is 4.11. The number of benzene rings is 2. The van der Waals surface area contributed by atoms with E-state index in [9.17, 15) is 18.4 Å². The maximum Gasteiger partial charge on any atom is 0.345 e. The summed E-state index contributed by atoms with van der Waals surface area (Å²) < 4.78 is 56.1. The molecule has 7 heterocycles. The van der Waals surface area contributed by atoms with Gasteiger partial charge in [-0.15, -0.1) is 0 Å². The minimum absolute atomic E-state index is 0.0125. The fraction of sp³-hybridized carbons (Fsp3) is 0.388. The van der Waals surface area contributed by atoms with Crippen LogP contribution in [0.25, 0.3) is 66.9 Å². The molecule has 0 radical (unpaired) electrons. The number of hydrogen-bond donors (Lipinski definition) is 2. The third-order valence-electron chi connectivity index (χ3n) is 12.3. The van der Waals surface area contributed by atoms with Crippen LogP contribution in [-0.2, 0) is 35.7 Å². The molecular formula is C49H55F2N13O6. The molecule has 70 heavy (non-hydrogen) atoms. The Morgan fingerprint density at radius 1 is 0.700 bits per heavy atom. The molecule has 2 aromatic carbocycles. The quantitative estimate of drug-likeness (QED) is 0.0586. The molecule has 2 amide bonds. The van der Waals surface area contributed by atoms with Gasteiger partial charge >= 0.3 is 6.61 Å². The van der Waals surface area contributed by atoms with Crippen molar-refractivity contribution in [3.05, 3.63) is 83.5 Å².